The molecule has 218 valence electrons. The highest BCUT2D eigenvalue weighted by atomic mass is 16.3. The van der Waals surface area contributed by atoms with Crippen LogP contribution in [0.25, 0.3) is 0 Å². The quantitative estimate of drug-likeness (QED) is 0.318. The second kappa shape index (κ2) is 20.3. The molecule has 36 heavy (non-hydrogen) atoms. The van der Waals surface area contributed by atoms with Gasteiger partial charge in [-0.3, -0.25) is 0 Å². The predicted octanol–water partition coefficient (Wildman–Crippen LogP) is 8.37. The van der Waals surface area contributed by atoms with Crippen LogP contribution < -0.4 is 0 Å². The first-order chi connectivity index (χ1) is 17.6. The van der Waals surface area contributed by atoms with E-state index in [4.69, 9.17) is 19.8 Å². The van der Waals surface area contributed by atoms with Crippen LogP contribution in [0.15, 0.2) is 0 Å². The van der Waals surface area contributed by atoms with Gasteiger partial charge in [0.15, 0.2) is 0 Å². The second-order valence-electron chi connectivity index (χ2n) is 11.7. The number of carbonyl (C=O) groups excluding carboxylic acids is 2. The van der Waals surface area contributed by atoms with E-state index in [9.17, 15) is 0 Å². The van der Waals surface area contributed by atoms with Crippen molar-refractivity contribution in [1.82, 2.24) is 0 Å². The summed E-state index contributed by atoms with van der Waals surface area (Å²) >= 11 is 0. The molecule has 6 rings (SSSR count). The van der Waals surface area contributed by atoms with Crippen LogP contribution in [0.3, 0.4) is 0 Å². The van der Waals surface area contributed by atoms with Crippen LogP contribution in [0.1, 0.15) is 135 Å². The third-order valence-corrected chi connectivity index (χ3v) is 9.68. The number of carbonyl (C=O) groups is 2. The summed E-state index contributed by atoms with van der Waals surface area (Å²) in [6, 6.07) is 0. The zero-order chi connectivity index (χ0) is 26.8. The maximum absolute atomic E-state index is 8.81. The Hall–Kier alpha value is -0.740. The predicted molar refractivity (Wildman–Crippen MR) is 157 cm³/mol. The number of hydrogen-bond donors (Lipinski definition) is 2. The molecule has 4 heteroatoms. The van der Waals surface area contributed by atoms with Gasteiger partial charge in [0.1, 0.15) is 12.6 Å². The monoisotopic (exact) mass is 514 g/mol. The van der Waals surface area contributed by atoms with Crippen molar-refractivity contribution in [2.75, 3.05) is 13.2 Å². The van der Waals surface area contributed by atoms with Gasteiger partial charge in [0.25, 0.3) is 0 Å². The third kappa shape index (κ3) is 10.6. The van der Waals surface area contributed by atoms with E-state index in [1.165, 1.54) is 61.2 Å². The van der Waals surface area contributed by atoms with Gasteiger partial charge in [0.2, 0.25) is 0 Å². The van der Waals surface area contributed by atoms with Gasteiger partial charge < -0.3 is 19.8 Å². The van der Waals surface area contributed by atoms with Crippen LogP contribution in [-0.4, -0.2) is 36.0 Å². The largest absolute Gasteiger partial charge is 0.397 e. The van der Waals surface area contributed by atoms with Gasteiger partial charge in [-0.15, -0.1) is 0 Å². The molecule has 0 radical (unpaired) electrons. The van der Waals surface area contributed by atoms with Crippen LogP contribution in [0, 0.1) is 47.3 Å². The van der Waals surface area contributed by atoms with E-state index < -0.39 is 0 Å². The van der Waals surface area contributed by atoms with Crippen molar-refractivity contribution in [3.63, 3.8) is 0 Å². The average molecular weight is 515 g/mol. The molecule has 6 aliphatic carbocycles. The van der Waals surface area contributed by atoms with Crippen LogP contribution >= 0.6 is 0 Å². The van der Waals surface area contributed by atoms with Gasteiger partial charge in [0.05, 0.1) is 0 Å². The second-order valence-corrected chi connectivity index (χ2v) is 11.7. The van der Waals surface area contributed by atoms with E-state index in [1.807, 2.05) is 0 Å². The van der Waals surface area contributed by atoms with Gasteiger partial charge in [0, 0.05) is 17.5 Å². The first-order valence-electron chi connectivity index (χ1n) is 15.6. The summed E-state index contributed by atoms with van der Waals surface area (Å²) in [5, 5.41) is 15.1. The van der Waals surface area contributed by atoms with Crippen molar-refractivity contribution in [3.8, 4) is 0 Å². The highest BCUT2D eigenvalue weighted by Crippen LogP contribution is 2.56. The number of aldehydes is 2. The molecule has 4 bridgehead atoms. The lowest BCUT2D eigenvalue weighted by Gasteiger charge is -2.29. The molecule has 0 aromatic rings. The Kier molecular flexibility index (Phi) is 18.7. The molecule has 6 fully saturated rings. The fourth-order valence-corrected chi connectivity index (χ4v) is 8.81. The van der Waals surface area contributed by atoms with Crippen molar-refractivity contribution < 1.29 is 24.1 Å². The minimum atomic E-state index is 0. The number of rotatable bonds is 0. The SMILES string of the molecule is C1CC2CC(C1)C1CCCCC21.C1CC2CC(C1)C1CCCCC21.CC=O.CC=O.CCO.CCO.[HH].[HH].[HH]. The zero-order valence-electron chi connectivity index (χ0n) is 24.2. The van der Waals surface area contributed by atoms with E-state index in [0.29, 0.717) is 0 Å². The minimum Gasteiger partial charge on any atom is -0.397 e. The molecule has 2 N–H and O–H groups in total. The first kappa shape index (κ1) is 33.3. The van der Waals surface area contributed by atoms with Crippen molar-refractivity contribution in [2.45, 2.75) is 130 Å². The number of aliphatic hydroxyl groups excluding tert-OH is 2. The Morgan fingerprint density at radius 3 is 0.917 bits per heavy atom. The van der Waals surface area contributed by atoms with Gasteiger partial charge in [-0.2, -0.15) is 0 Å². The summed E-state index contributed by atoms with van der Waals surface area (Å²) in [5.41, 5.74) is 0. The van der Waals surface area contributed by atoms with Crippen molar-refractivity contribution in [1.29, 1.82) is 0 Å². The molecular weight excluding hydrogens is 448 g/mol. The smallest absolute Gasteiger partial charge is 0.116 e. The summed E-state index contributed by atoms with van der Waals surface area (Å²) < 4.78 is 0. The number of fused-ring (bicyclic) bond motifs is 10. The van der Waals surface area contributed by atoms with E-state index >= 15 is 0 Å². The molecule has 0 saturated heterocycles. The molecule has 6 saturated carbocycles. The highest BCUT2D eigenvalue weighted by Gasteiger charge is 2.46. The lowest BCUT2D eigenvalue weighted by atomic mass is 9.77. The Balaban J connectivity index is -0.000000453. The van der Waals surface area contributed by atoms with Crippen LogP contribution in [0.4, 0.5) is 0 Å². The molecule has 0 aromatic heterocycles. The van der Waals surface area contributed by atoms with E-state index in [0.717, 1.165) is 12.6 Å². The maximum atomic E-state index is 8.81. The summed E-state index contributed by atoms with van der Waals surface area (Å²) in [6.07, 6.45) is 26.7. The molecule has 0 spiro atoms. The van der Waals surface area contributed by atoms with Gasteiger partial charge in [-0.1, -0.05) is 64.2 Å². The summed E-state index contributed by atoms with van der Waals surface area (Å²) in [7, 11) is 0. The molecule has 8 unspecified atom stereocenters. The fraction of sp³-hybridized carbons (Fsp3) is 0.938. The normalized spacial score (nSPS) is 36.4. The van der Waals surface area contributed by atoms with Crippen LogP contribution in [0.5, 0.6) is 0 Å². The topological polar surface area (TPSA) is 74.6 Å². The highest BCUT2D eigenvalue weighted by molar-refractivity contribution is 5.44. The molecule has 0 amide bonds. The molecule has 6 aliphatic rings. The maximum Gasteiger partial charge on any atom is 0.116 e. The lowest BCUT2D eigenvalue weighted by Crippen LogP contribution is -2.19. The Morgan fingerprint density at radius 2 is 0.722 bits per heavy atom. The molecule has 0 aliphatic heterocycles. The summed E-state index contributed by atoms with van der Waals surface area (Å²) in [5.74, 6) is 9.45. The van der Waals surface area contributed by atoms with E-state index in [2.05, 4.69) is 0 Å². The molecular formula is C32H66O4. The van der Waals surface area contributed by atoms with Gasteiger partial charge in [-0.05, 0) is 114 Å². The summed E-state index contributed by atoms with van der Waals surface area (Å²) in [6.45, 7) is 6.75. The fourth-order valence-electron chi connectivity index (χ4n) is 8.81. The zero-order valence-corrected chi connectivity index (χ0v) is 24.2. The molecule has 0 heterocycles. The average Bonchev–Trinajstić information content (AvgIpc) is 3.30. The Bertz CT molecular complexity index is 482. The van der Waals surface area contributed by atoms with E-state index in [1.54, 1.807) is 117 Å². The summed E-state index contributed by atoms with van der Waals surface area (Å²) in [4.78, 5) is 17.6. The Morgan fingerprint density at radius 1 is 0.528 bits per heavy atom. The molecule has 8 atom stereocenters. The standard InChI is InChI=1S/2C12H20.2C2H6O.2C2H4O.3H2/c2*1-2-7-12-10-5-3-4-9(8-10)11(12)6-1;4*1-2-3;;;/h2*9-12H,1-8H2;2*3H,2H2,1H3;2*2H,1H3;3*1H. The van der Waals surface area contributed by atoms with Crippen molar-refractivity contribution in [3.05, 3.63) is 0 Å². The third-order valence-electron chi connectivity index (χ3n) is 9.68. The molecule has 0 aromatic carbocycles. The van der Waals surface area contributed by atoms with Crippen LogP contribution in [-0.2, 0) is 9.59 Å². The number of hydrogen-bond acceptors (Lipinski definition) is 4. The Labute approximate surface area is 227 Å². The van der Waals surface area contributed by atoms with Gasteiger partial charge >= 0.3 is 0 Å². The number of aliphatic hydroxyl groups is 2. The van der Waals surface area contributed by atoms with Crippen LogP contribution in [0.2, 0.25) is 0 Å². The first-order valence-corrected chi connectivity index (χ1v) is 15.6. The van der Waals surface area contributed by atoms with Gasteiger partial charge in [-0.25, -0.2) is 0 Å². The van der Waals surface area contributed by atoms with Crippen molar-refractivity contribution >= 4 is 12.6 Å². The van der Waals surface area contributed by atoms with E-state index in [-0.39, 0.29) is 17.5 Å². The van der Waals surface area contributed by atoms with Crippen molar-refractivity contribution in [2.24, 2.45) is 47.3 Å². The molecule has 4 nitrogen and oxygen atoms in total. The minimum absolute atomic E-state index is 0. The lowest BCUT2D eigenvalue weighted by molar-refractivity contribution is -0.106.